The van der Waals surface area contributed by atoms with Gasteiger partial charge in [-0.15, -0.1) is 0 Å². The fraction of sp³-hybridized carbons (Fsp3) is 0.636. The van der Waals surface area contributed by atoms with Crippen molar-refractivity contribution in [1.29, 1.82) is 0 Å². The molecule has 2 atom stereocenters. The van der Waals surface area contributed by atoms with Crippen LogP contribution in [0.2, 0.25) is 0 Å². The zero-order valence-electron chi connectivity index (χ0n) is 8.57. The second-order valence-corrected chi connectivity index (χ2v) is 4.72. The van der Waals surface area contributed by atoms with Crippen LogP contribution in [0.25, 0.3) is 0 Å². The van der Waals surface area contributed by atoms with E-state index in [1.54, 1.807) is 6.20 Å². The molecule has 0 aliphatic heterocycles. The summed E-state index contributed by atoms with van der Waals surface area (Å²) in [6.45, 7) is 0.574. The molecule has 0 saturated heterocycles. The van der Waals surface area contributed by atoms with E-state index in [2.05, 4.69) is 15.5 Å². The van der Waals surface area contributed by atoms with Crippen LogP contribution >= 0.6 is 0 Å². The number of rotatable bonds is 3. The number of nitrogens with zero attached hydrogens (tertiary/aromatic N) is 1. The van der Waals surface area contributed by atoms with Gasteiger partial charge in [-0.3, -0.25) is 9.89 Å². The number of aromatic amines is 1. The number of carbonyl (C=O) groups is 1. The van der Waals surface area contributed by atoms with Crippen molar-refractivity contribution in [1.82, 2.24) is 15.5 Å². The molecule has 80 valence electrons. The maximum absolute atomic E-state index is 11.8. The minimum absolute atomic E-state index is 0.219. The molecule has 2 fully saturated rings. The largest absolute Gasteiger partial charge is 0.350 e. The minimum Gasteiger partial charge on any atom is -0.350 e. The minimum atomic E-state index is 0.219. The first kappa shape index (κ1) is 8.95. The van der Waals surface area contributed by atoms with E-state index in [1.165, 1.54) is 6.42 Å². The summed E-state index contributed by atoms with van der Waals surface area (Å²) in [6.07, 6.45) is 5.29. The van der Waals surface area contributed by atoms with Crippen molar-refractivity contribution in [3.63, 3.8) is 0 Å². The van der Waals surface area contributed by atoms with Crippen LogP contribution in [-0.4, -0.2) is 16.1 Å². The van der Waals surface area contributed by atoms with Crippen LogP contribution in [0.5, 0.6) is 0 Å². The van der Waals surface area contributed by atoms with Gasteiger partial charge in [0, 0.05) is 12.1 Å². The number of carbonyl (C=O) groups excluding carboxylic acids is 1. The molecule has 2 N–H and O–H groups in total. The Morgan fingerprint density at radius 2 is 2.27 bits per heavy atom. The van der Waals surface area contributed by atoms with E-state index in [0.29, 0.717) is 6.54 Å². The summed E-state index contributed by atoms with van der Waals surface area (Å²) in [4.78, 5) is 11.8. The highest BCUT2D eigenvalue weighted by atomic mass is 16.1. The number of amides is 1. The van der Waals surface area contributed by atoms with Gasteiger partial charge in [0.1, 0.15) is 0 Å². The van der Waals surface area contributed by atoms with E-state index in [1.807, 2.05) is 6.07 Å². The van der Waals surface area contributed by atoms with Crippen molar-refractivity contribution < 1.29 is 4.79 Å². The van der Waals surface area contributed by atoms with Gasteiger partial charge in [0.25, 0.3) is 0 Å². The Labute approximate surface area is 88.4 Å². The Balaban J connectivity index is 1.49. The third kappa shape index (κ3) is 1.76. The number of H-pyrrole nitrogens is 1. The van der Waals surface area contributed by atoms with Crippen LogP contribution in [0.4, 0.5) is 0 Å². The average molecular weight is 205 g/mol. The first-order valence-corrected chi connectivity index (χ1v) is 5.59. The quantitative estimate of drug-likeness (QED) is 0.775. The Kier molecular flexibility index (Phi) is 2.01. The predicted octanol–water partition coefficient (Wildman–Crippen LogP) is 1.07. The van der Waals surface area contributed by atoms with Gasteiger partial charge in [0.15, 0.2) is 0 Å². The SMILES string of the molecule is O=C(NCc1ccn[nH]1)C1CC2CC2C1. The first-order valence-electron chi connectivity index (χ1n) is 5.59. The molecule has 1 aromatic rings. The van der Waals surface area contributed by atoms with Crippen LogP contribution in [0.3, 0.4) is 0 Å². The molecule has 2 aliphatic carbocycles. The lowest BCUT2D eigenvalue weighted by molar-refractivity contribution is -0.125. The number of nitrogens with one attached hydrogen (secondary N) is 2. The van der Waals surface area contributed by atoms with Crippen molar-refractivity contribution in [3.8, 4) is 0 Å². The van der Waals surface area contributed by atoms with E-state index in [0.717, 1.165) is 30.4 Å². The standard InChI is InChI=1S/C11H15N3O/c15-11(9-4-7-3-8(7)5-9)12-6-10-1-2-13-14-10/h1-2,7-9H,3-6H2,(H,12,15)(H,13,14). The second kappa shape index (κ2) is 3.36. The lowest BCUT2D eigenvalue weighted by Gasteiger charge is -2.11. The van der Waals surface area contributed by atoms with Gasteiger partial charge in [-0.1, -0.05) is 0 Å². The Morgan fingerprint density at radius 1 is 1.47 bits per heavy atom. The van der Waals surface area contributed by atoms with Crippen LogP contribution in [0.1, 0.15) is 25.0 Å². The monoisotopic (exact) mass is 205 g/mol. The smallest absolute Gasteiger partial charge is 0.223 e. The molecule has 0 spiro atoms. The van der Waals surface area contributed by atoms with Crippen LogP contribution in [0.15, 0.2) is 12.3 Å². The number of aromatic nitrogens is 2. The molecule has 1 heterocycles. The van der Waals surface area contributed by atoms with E-state index in [9.17, 15) is 4.79 Å². The summed E-state index contributed by atoms with van der Waals surface area (Å²) < 4.78 is 0. The summed E-state index contributed by atoms with van der Waals surface area (Å²) in [6, 6.07) is 1.88. The van der Waals surface area contributed by atoms with Crippen molar-refractivity contribution >= 4 is 5.91 Å². The van der Waals surface area contributed by atoms with Gasteiger partial charge in [0.2, 0.25) is 5.91 Å². The zero-order chi connectivity index (χ0) is 10.3. The summed E-state index contributed by atoms with van der Waals surface area (Å²) in [5.41, 5.74) is 0.964. The third-order valence-corrected chi connectivity index (χ3v) is 3.63. The first-order chi connectivity index (χ1) is 7.33. The van der Waals surface area contributed by atoms with Crippen molar-refractivity contribution in [2.45, 2.75) is 25.8 Å². The summed E-state index contributed by atoms with van der Waals surface area (Å²) in [7, 11) is 0. The lowest BCUT2D eigenvalue weighted by Crippen LogP contribution is -2.29. The molecule has 0 radical (unpaired) electrons. The van der Waals surface area contributed by atoms with Crippen LogP contribution in [0, 0.1) is 17.8 Å². The van der Waals surface area contributed by atoms with Crippen LogP contribution < -0.4 is 5.32 Å². The molecular weight excluding hydrogens is 190 g/mol. The average Bonchev–Trinajstić information content (AvgIpc) is 2.75. The maximum Gasteiger partial charge on any atom is 0.223 e. The molecule has 2 saturated carbocycles. The highest BCUT2D eigenvalue weighted by Crippen LogP contribution is 2.54. The lowest BCUT2D eigenvalue weighted by atomic mass is 10.0. The molecule has 3 rings (SSSR count). The predicted molar refractivity (Wildman–Crippen MR) is 54.8 cm³/mol. The Hall–Kier alpha value is -1.32. The summed E-state index contributed by atoms with van der Waals surface area (Å²) in [5, 5.41) is 9.63. The summed E-state index contributed by atoms with van der Waals surface area (Å²) in [5.74, 6) is 2.23. The van der Waals surface area contributed by atoms with Gasteiger partial charge in [0.05, 0.1) is 12.2 Å². The van der Waals surface area contributed by atoms with Gasteiger partial charge >= 0.3 is 0 Å². The molecule has 0 aromatic carbocycles. The number of fused-ring (bicyclic) bond motifs is 1. The highest BCUT2D eigenvalue weighted by molar-refractivity contribution is 5.79. The summed E-state index contributed by atoms with van der Waals surface area (Å²) >= 11 is 0. The van der Waals surface area contributed by atoms with E-state index in [4.69, 9.17) is 0 Å². The van der Waals surface area contributed by atoms with Crippen molar-refractivity contribution in [2.75, 3.05) is 0 Å². The topological polar surface area (TPSA) is 57.8 Å². The van der Waals surface area contributed by atoms with Gasteiger partial charge in [-0.25, -0.2) is 0 Å². The molecule has 2 unspecified atom stereocenters. The highest BCUT2D eigenvalue weighted by Gasteiger charge is 2.47. The van der Waals surface area contributed by atoms with E-state index >= 15 is 0 Å². The second-order valence-electron chi connectivity index (χ2n) is 4.72. The fourth-order valence-corrected chi connectivity index (χ4v) is 2.64. The molecule has 1 amide bonds. The van der Waals surface area contributed by atoms with E-state index < -0.39 is 0 Å². The molecule has 0 bridgehead atoms. The number of hydrogen-bond donors (Lipinski definition) is 2. The Morgan fingerprint density at radius 3 is 2.93 bits per heavy atom. The molecule has 2 aliphatic rings. The van der Waals surface area contributed by atoms with Gasteiger partial charge < -0.3 is 5.32 Å². The Bertz CT molecular complexity index is 350. The molecule has 4 nitrogen and oxygen atoms in total. The fourth-order valence-electron chi connectivity index (χ4n) is 2.64. The van der Waals surface area contributed by atoms with Crippen LogP contribution in [-0.2, 0) is 11.3 Å². The van der Waals surface area contributed by atoms with Gasteiger partial charge in [-0.2, -0.15) is 5.10 Å². The zero-order valence-corrected chi connectivity index (χ0v) is 8.57. The molecule has 4 heteroatoms. The van der Waals surface area contributed by atoms with Gasteiger partial charge in [-0.05, 0) is 37.2 Å². The molecule has 15 heavy (non-hydrogen) atoms. The normalized spacial score (nSPS) is 32.4. The van der Waals surface area contributed by atoms with E-state index in [-0.39, 0.29) is 11.8 Å². The molecular formula is C11H15N3O. The number of hydrogen-bond acceptors (Lipinski definition) is 2. The molecule has 1 aromatic heterocycles. The van der Waals surface area contributed by atoms with Crippen molar-refractivity contribution in [3.05, 3.63) is 18.0 Å². The van der Waals surface area contributed by atoms with Crippen molar-refractivity contribution in [2.24, 2.45) is 17.8 Å². The third-order valence-electron chi connectivity index (χ3n) is 3.63. The maximum atomic E-state index is 11.8.